The number of alkyl halides is 3. The van der Waals surface area contributed by atoms with Crippen molar-refractivity contribution in [2.45, 2.75) is 65.1 Å². The molecule has 220 valence electrons. The fourth-order valence-electron chi connectivity index (χ4n) is 5.74. The predicted molar refractivity (Wildman–Crippen MR) is 146 cm³/mol. The molecule has 12 heteroatoms. The normalized spacial score (nSPS) is 18.5. The Balaban J connectivity index is 1.25. The van der Waals surface area contributed by atoms with Gasteiger partial charge in [-0.25, -0.2) is 4.98 Å². The predicted octanol–water partition coefficient (Wildman–Crippen LogP) is 5.14. The second kappa shape index (κ2) is 11.2. The lowest BCUT2D eigenvalue weighted by atomic mass is 9.87. The molecule has 1 N–H and O–H groups in total. The molecule has 1 amide bonds. The van der Waals surface area contributed by atoms with Crippen LogP contribution in [0.5, 0.6) is 5.75 Å². The quantitative estimate of drug-likeness (QED) is 0.293. The van der Waals surface area contributed by atoms with Crippen molar-refractivity contribution in [1.29, 1.82) is 0 Å². The molecule has 0 unspecified atom stereocenters. The van der Waals surface area contributed by atoms with Crippen molar-refractivity contribution in [1.82, 2.24) is 29.9 Å². The Labute approximate surface area is 240 Å². The van der Waals surface area contributed by atoms with E-state index >= 15 is 0 Å². The van der Waals surface area contributed by atoms with E-state index in [9.17, 15) is 18.0 Å². The van der Waals surface area contributed by atoms with E-state index in [0.717, 1.165) is 41.2 Å². The second-order valence-electron chi connectivity index (χ2n) is 10.7. The van der Waals surface area contributed by atoms with E-state index in [0.29, 0.717) is 49.8 Å². The molecular formula is C30H31F3N6O3. The minimum Gasteiger partial charge on any atom is -0.406 e. The van der Waals surface area contributed by atoms with Gasteiger partial charge in [0.25, 0.3) is 0 Å². The largest absolute Gasteiger partial charge is 0.573 e. The van der Waals surface area contributed by atoms with Crippen LogP contribution in [0.25, 0.3) is 11.1 Å². The number of hydrogen-bond donors (Lipinski definition) is 1. The standard InChI is InChI=1S/C30H31F3N6O3/c1-3-39-12-10-34-27(39)17-38-11-9-23-22(19-5-4-6-21(13-19)41-30(31,32)33)8-7-20(26(23)16-38)15-35-28(40)24-14-25(24)29-36-18(2)37-42-29/h4-8,10,12-13,24-25H,3,9,11,14-17H2,1-2H3,(H,35,40)/t24-,25-/m0/s1. The molecule has 1 saturated carbocycles. The summed E-state index contributed by atoms with van der Waals surface area (Å²) in [6, 6.07) is 9.94. The first kappa shape index (κ1) is 28.0. The number of fused-ring (bicyclic) bond motifs is 1. The van der Waals surface area contributed by atoms with E-state index < -0.39 is 6.36 Å². The van der Waals surface area contributed by atoms with Crippen LogP contribution >= 0.6 is 0 Å². The Hall–Kier alpha value is -4.19. The Morgan fingerprint density at radius 3 is 2.83 bits per heavy atom. The topological polar surface area (TPSA) is 98.3 Å². The number of imidazole rings is 1. The Morgan fingerprint density at radius 2 is 2.07 bits per heavy atom. The minimum atomic E-state index is -4.77. The van der Waals surface area contributed by atoms with E-state index in [1.54, 1.807) is 25.3 Å². The molecule has 0 spiro atoms. The molecule has 9 nitrogen and oxygen atoms in total. The molecule has 2 aliphatic rings. The lowest BCUT2D eigenvalue weighted by Crippen LogP contribution is -2.33. The van der Waals surface area contributed by atoms with Crippen molar-refractivity contribution in [3.05, 3.63) is 83.0 Å². The van der Waals surface area contributed by atoms with Gasteiger partial charge < -0.3 is 19.1 Å². The molecule has 0 saturated heterocycles. The number of ether oxygens (including phenoxy) is 1. The Morgan fingerprint density at radius 1 is 1.21 bits per heavy atom. The Kier molecular flexibility index (Phi) is 7.48. The summed E-state index contributed by atoms with van der Waals surface area (Å²) in [5, 5.41) is 6.90. The number of halogens is 3. The fraction of sp³-hybridized carbons (Fsp3) is 0.400. The molecular weight excluding hydrogens is 549 g/mol. The van der Waals surface area contributed by atoms with Crippen LogP contribution < -0.4 is 10.1 Å². The minimum absolute atomic E-state index is 0.0634. The fourth-order valence-corrected chi connectivity index (χ4v) is 5.74. The van der Waals surface area contributed by atoms with Crippen molar-refractivity contribution in [2.24, 2.45) is 5.92 Å². The van der Waals surface area contributed by atoms with Gasteiger partial charge in [-0.15, -0.1) is 13.2 Å². The highest BCUT2D eigenvalue weighted by molar-refractivity contribution is 5.82. The molecule has 3 heterocycles. The van der Waals surface area contributed by atoms with Gasteiger partial charge in [0, 0.05) is 38.6 Å². The number of carbonyl (C=O) groups is 1. The van der Waals surface area contributed by atoms with Gasteiger partial charge in [-0.3, -0.25) is 9.69 Å². The van der Waals surface area contributed by atoms with Crippen LogP contribution in [0.15, 0.2) is 53.3 Å². The van der Waals surface area contributed by atoms with Crippen molar-refractivity contribution in [2.75, 3.05) is 6.54 Å². The van der Waals surface area contributed by atoms with Gasteiger partial charge >= 0.3 is 6.36 Å². The molecule has 0 bridgehead atoms. The molecule has 1 aliphatic heterocycles. The van der Waals surface area contributed by atoms with Gasteiger partial charge in [0.1, 0.15) is 11.6 Å². The van der Waals surface area contributed by atoms with E-state index in [-0.39, 0.29) is 23.5 Å². The lowest BCUT2D eigenvalue weighted by molar-refractivity contribution is -0.274. The first-order valence-electron chi connectivity index (χ1n) is 14.0. The van der Waals surface area contributed by atoms with Crippen molar-refractivity contribution in [3.63, 3.8) is 0 Å². The SMILES string of the molecule is CCn1ccnc1CN1CCc2c(-c3cccc(OC(F)(F)F)c3)ccc(CNC(=O)[C@H]3C[C@@H]3c3nc(C)no3)c2C1. The highest BCUT2D eigenvalue weighted by atomic mass is 19.4. The summed E-state index contributed by atoms with van der Waals surface area (Å²) in [6.07, 6.45) is 0.354. The van der Waals surface area contributed by atoms with Crippen LogP contribution in [-0.2, 0) is 37.4 Å². The maximum Gasteiger partial charge on any atom is 0.573 e. The van der Waals surface area contributed by atoms with Gasteiger partial charge in [-0.2, -0.15) is 4.98 Å². The number of aryl methyl sites for hydroxylation is 2. The molecule has 6 rings (SSSR count). The number of amides is 1. The summed E-state index contributed by atoms with van der Waals surface area (Å²) < 4.78 is 50.3. The summed E-state index contributed by atoms with van der Waals surface area (Å²) in [5.41, 5.74) is 4.60. The van der Waals surface area contributed by atoms with Gasteiger partial charge in [-0.1, -0.05) is 29.4 Å². The number of aromatic nitrogens is 4. The number of benzene rings is 2. The average Bonchev–Trinajstić information content (AvgIpc) is 3.44. The smallest absolute Gasteiger partial charge is 0.406 e. The average molecular weight is 581 g/mol. The first-order valence-corrected chi connectivity index (χ1v) is 14.0. The van der Waals surface area contributed by atoms with Gasteiger partial charge in [0.2, 0.25) is 11.8 Å². The maximum absolute atomic E-state index is 13.0. The van der Waals surface area contributed by atoms with Crippen LogP contribution in [0.4, 0.5) is 13.2 Å². The second-order valence-corrected chi connectivity index (χ2v) is 10.7. The zero-order valence-electron chi connectivity index (χ0n) is 23.3. The molecule has 42 heavy (non-hydrogen) atoms. The maximum atomic E-state index is 13.0. The van der Waals surface area contributed by atoms with Crippen LogP contribution in [0, 0.1) is 12.8 Å². The third-order valence-electron chi connectivity index (χ3n) is 7.91. The first-order chi connectivity index (χ1) is 20.2. The Bertz CT molecular complexity index is 1600. The number of rotatable bonds is 9. The molecule has 4 aromatic rings. The van der Waals surface area contributed by atoms with Gasteiger partial charge in [0.15, 0.2) is 5.82 Å². The van der Waals surface area contributed by atoms with Crippen LogP contribution in [0.2, 0.25) is 0 Å². The van der Waals surface area contributed by atoms with Gasteiger partial charge in [0.05, 0.1) is 18.4 Å². The van der Waals surface area contributed by atoms with E-state index in [2.05, 4.69) is 41.6 Å². The lowest BCUT2D eigenvalue weighted by Gasteiger charge is -2.32. The summed E-state index contributed by atoms with van der Waals surface area (Å²) in [4.78, 5) is 24.1. The third kappa shape index (κ3) is 6.03. The number of carbonyl (C=O) groups excluding carboxylic acids is 1. The summed E-state index contributed by atoms with van der Waals surface area (Å²) in [5.74, 6) is 1.41. The molecule has 2 aromatic heterocycles. The zero-order chi connectivity index (χ0) is 29.4. The van der Waals surface area contributed by atoms with Crippen molar-refractivity contribution < 1.29 is 27.2 Å². The highest BCUT2D eigenvalue weighted by Crippen LogP contribution is 2.47. The third-order valence-corrected chi connectivity index (χ3v) is 7.91. The number of nitrogens with one attached hydrogen (secondary N) is 1. The van der Waals surface area contributed by atoms with Crippen LogP contribution in [0.1, 0.15) is 53.5 Å². The van der Waals surface area contributed by atoms with E-state index in [4.69, 9.17) is 4.52 Å². The molecule has 1 aliphatic carbocycles. The highest BCUT2D eigenvalue weighted by Gasteiger charge is 2.47. The molecule has 2 atom stereocenters. The number of hydrogen-bond acceptors (Lipinski definition) is 7. The van der Waals surface area contributed by atoms with E-state index in [1.807, 2.05) is 18.3 Å². The van der Waals surface area contributed by atoms with Crippen LogP contribution in [-0.4, -0.2) is 43.4 Å². The molecule has 2 aromatic carbocycles. The summed E-state index contributed by atoms with van der Waals surface area (Å²) in [7, 11) is 0. The van der Waals surface area contributed by atoms with Gasteiger partial charge in [-0.05, 0) is 66.6 Å². The summed E-state index contributed by atoms with van der Waals surface area (Å²) >= 11 is 0. The molecule has 0 radical (unpaired) electrons. The number of nitrogens with zero attached hydrogens (tertiary/aromatic N) is 5. The van der Waals surface area contributed by atoms with Crippen LogP contribution in [0.3, 0.4) is 0 Å². The monoisotopic (exact) mass is 580 g/mol. The van der Waals surface area contributed by atoms with E-state index in [1.165, 1.54) is 12.1 Å². The molecule has 1 fully saturated rings. The summed E-state index contributed by atoms with van der Waals surface area (Å²) in [6.45, 7) is 7.03. The van der Waals surface area contributed by atoms with Crippen molar-refractivity contribution >= 4 is 5.91 Å². The van der Waals surface area contributed by atoms with Crippen molar-refractivity contribution in [3.8, 4) is 16.9 Å². The zero-order valence-corrected chi connectivity index (χ0v) is 23.3.